The highest BCUT2D eigenvalue weighted by molar-refractivity contribution is 6.00. The van der Waals surface area contributed by atoms with Crippen molar-refractivity contribution in [2.24, 2.45) is 21.1 Å². The molecule has 6 aromatic heterocycles. The van der Waals surface area contributed by atoms with Gasteiger partial charge in [0, 0.05) is 80.7 Å². The van der Waals surface area contributed by atoms with Crippen LogP contribution in [0.3, 0.4) is 0 Å². The molecule has 0 saturated carbocycles. The molecule has 8 heterocycles. The quantitative estimate of drug-likeness (QED) is 0.228. The van der Waals surface area contributed by atoms with Gasteiger partial charge in [0.1, 0.15) is 21.1 Å². The van der Waals surface area contributed by atoms with Gasteiger partial charge in [0.05, 0.1) is 22.8 Å². The fourth-order valence-corrected chi connectivity index (χ4v) is 7.14. The van der Waals surface area contributed by atoms with Crippen LogP contribution >= 0.6 is 0 Å². The molecule has 0 fully saturated rings. The van der Waals surface area contributed by atoms with Crippen molar-refractivity contribution < 1.29 is 50.9 Å². The van der Waals surface area contributed by atoms with Crippen molar-refractivity contribution in [3.05, 3.63) is 150 Å². The number of aryl methyl sites for hydroxylation is 4. The SMILES string of the molecule is Cc1ccc(-c2c3ccc([nH]3)c(-c3cc[n+](C)cc3)c3nc(c(-c4cc[n+](C)cc4)c4nc(c(-c5cc[n+](C)cc5)c5ccc2[nH]5)C=C4)C=C3)cc1.[Cl-].[Cl-].[Cl-]. The van der Waals surface area contributed by atoms with Crippen molar-refractivity contribution in [3.63, 3.8) is 0 Å². The molecule has 2 aliphatic heterocycles. The molecule has 55 heavy (non-hydrogen) atoms. The zero-order valence-electron chi connectivity index (χ0n) is 30.7. The molecule has 7 aromatic rings. The summed E-state index contributed by atoms with van der Waals surface area (Å²) in [5, 5.41) is 0. The lowest BCUT2D eigenvalue weighted by atomic mass is 10.0. The van der Waals surface area contributed by atoms with E-state index in [-0.39, 0.29) is 37.2 Å². The number of hydrogen-bond acceptors (Lipinski definition) is 2. The molecule has 0 unspecified atom stereocenters. The molecule has 10 heteroatoms. The van der Waals surface area contributed by atoms with Crippen LogP contribution in [0.15, 0.2) is 122 Å². The molecule has 1 aromatic carbocycles. The Morgan fingerprint density at radius 1 is 0.364 bits per heavy atom. The normalized spacial score (nSPS) is 11.4. The van der Waals surface area contributed by atoms with E-state index in [2.05, 4.69) is 172 Å². The van der Waals surface area contributed by atoms with Gasteiger partial charge >= 0.3 is 0 Å². The molecule has 0 radical (unpaired) electrons. The summed E-state index contributed by atoms with van der Waals surface area (Å²) in [6.45, 7) is 2.12. The standard InChI is InChI=1S/C45H37N7.3ClH/c1-29-5-7-30(8-6-29)42-34-9-11-36(46-34)43(31-17-23-50(2)24-18-31)38-13-15-40(48-38)45(33-21-27-52(4)28-22-33)41-16-14-39(49-41)44(37-12-10-35(42)47-37)32-19-25-51(3)26-20-32;;;/h5-28H,1-4H3,(H,46,47,48,49);3*1H/q+2;;;/p-2. The molecule has 9 rings (SSSR count). The lowest BCUT2D eigenvalue weighted by molar-refractivity contribution is -0.671. The lowest BCUT2D eigenvalue weighted by Gasteiger charge is -2.06. The summed E-state index contributed by atoms with van der Waals surface area (Å²) in [5.41, 5.74) is 17.2. The molecule has 0 spiro atoms. The molecule has 0 aliphatic carbocycles. The highest BCUT2D eigenvalue weighted by Crippen LogP contribution is 2.38. The van der Waals surface area contributed by atoms with Gasteiger partial charge in [-0.3, -0.25) is 0 Å². The number of benzene rings is 1. The summed E-state index contributed by atoms with van der Waals surface area (Å²) in [6, 6.07) is 30.3. The zero-order valence-corrected chi connectivity index (χ0v) is 33.0. The number of nitrogens with one attached hydrogen (secondary N) is 2. The van der Waals surface area contributed by atoms with Crippen molar-refractivity contribution in [1.29, 1.82) is 0 Å². The number of aromatic nitrogens is 7. The Balaban J connectivity index is 0.00000171. The van der Waals surface area contributed by atoms with Gasteiger partial charge < -0.3 is 47.2 Å². The molecular weight excluding hydrogens is 745 g/mol. The fourth-order valence-electron chi connectivity index (χ4n) is 7.14. The largest absolute Gasteiger partial charge is 1.00 e. The first kappa shape index (κ1) is 38.9. The maximum Gasteiger partial charge on any atom is 0.169 e. The van der Waals surface area contributed by atoms with E-state index in [4.69, 9.17) is 9.97 Å². The first-order valence-electron chi connectivity index (χ1n) is 17.5. The molecular formula is C45H38Cl3N7. The van der Waals surface area contributed by atoms with Crippen molar-refractivity contribution in [3.8, 4) is 44.5 Å². The molecule has 0 atom stereocenters. The minimum Gasteiger partial charge on any atom is -1.00 e. The molecule has 8 bridgehead atoms. The van der Waals surface area contributed by atoms with Crippen LogP contribution in [0.5, 0.6) is 0 Å². The van der Waals surface area contributed by atoms with Gasteiger partial charge in [-0.25, -0.2) is 23.7 Å². The summed E-state index contributed by atoms with van der Waals surface area (Å²) in [6.07, 6.45) is 21.0. The predicted molar refractivity (Wildman–Crippen MR) is 209 cm³/mol. The maximum absolute atomic E-state index is 5.38. The average molecular weight is 783 g/mol. The van der Waals surface area contributed by atoms with Gasteiger partial charge in [0.25, 0.3) is 0 Å². The third kappa shape index (κ3) is 7.34. The zero-order chi connectivity index (χ0) is 35.3. The predicted octanol–water partition coefficient (Wildman–Crippen LogP) is -0.882. The minimum atomic E-state index is 0. The van der Waals surface area contributed by atoms with Crippen molar-refractivity contribution in [2.75, 3.05) is 0 Å². The monoisotopic (exact) mass is 781 g/mol. The van der Waals surface area contributed by atoms with E-state index >= 15 is 0 Å². The summed E-state index contributed by atoms with van der Waals surface area (Å²) >= 11 is 0. The lowest BCUT2D eigenvalue weighted by Crippen LogP contribution is -3.00. The Morgan fingerprint density at radius 3 is 1.02 bits per heavy atom. The molecule has 0 amide bonds. The maximum atomic E-state index is 5.38. The third-order valence-corrected chi connectivity index (χ3v) is 9.90. The van der Waals surface area contributed by atoms with Crippen molar-refractivity contribution in [1.82, 2.24) is 19.9 Å². The number of fused-ring (bicyclic) bond motifs is 8. The van der Waals surface area contributed by atoms with Crippen LogP contribution in [0.25, 0.3) is 90.9 Å². The molecule has 0 saturated heterocycles. The van der Waals surface area contributed by atoms with E-state index in [0.717, 1.165) is 89.4 Å². The third-order valence-electron chi connectivity index (χ3n) is 9.90. The minimum absolute atomic E-state index is 0. The van der Waals surface area contributed by atoms with E-state index in [9.17, 15) is 0 Å². The smallest absolute Gasteiger partial charge is 0.169 e. The highest BCUT2D eigenvalue weighted by Gasteiger charge is 2.20. The molecule has 2 aliphatic rings. The topological polar surface area (TPSA) is 69.0 Å². The van der Waals surface area contributed by atoms with Crippen LogP contribution in [0, 0.1) is 6.92 Å². The molecule has 7 nitrogen and oxygen atoms in total. The number of halogens is 3. The van der Waals surface area contributed by atoms with Gasteiger partial charge in [-0.1, -0.05) is 29.8 Å². The Hall–Kier alpha value is -5.86. The van der Waals surface area contributed by atoms with E-state index in [1.54, 1.807) is 0 Å². The Labute approximate surface area is 338 Å². The average Bonchev–Trinajstić information content (AvgIpc) is 3.99. The van der Waals surface area contributed by atoms with Gasteiger partial charge in [-0.05, 0) is 77.7 Å². The van der Waals surface area contributed by atoms with Crippen LogP contribution in [0.1, 0.15) is 28.3 Å². The van der Waals surface area contributed by atoms with Crippen LogP contribution in [0.4, 0.5) is 0 Å². The Kier molecular flexibility index (Phi) is 11.2. The number of aromatic amines is 2. The summed E-state index contributed by atoms with van der Waals surface area (Å²) < 4.78 is 6.15. The number of rotatable bonds is 4. The first-order chi connectivity index (χ1) is 25.4. The second-order valence-corrected chi connectivity index (χ2v) is 13.6. The van der Waals surface area contributed by atoms with Gasteiger partial charge in [0.15, 0.2) is 37.2 Å². The van der Waals surface area contributed by atoms with E-state index in [1.165, 1.54) is 5.56 Å². The summed E-state index contributed by atoms with van der Waals surface area (Å²) in [5.74, 6) is 0. The van der Waals surface area contributed by atoms with E-state index < -0.39 is 0 Å². The van der Waals surface area contributed by atoms with Crippen LogP contribution in [0.2, 0.25) is 0 Å². The van der Waals surface area contributed by atoms with Gasteiger partial charge in [0.2, 0.25) is 0 Å². The fraction of sp³-hybridized carbons (Fsp3) is 0.0889. The van der Waals surface area contributed by atoms with E-state index in [1.807, 2.05) is 25.7 Å². The Morgan fingerprint density at radius 2 is 0.655 bits per heavy atom. The molecule has 2 N–H and O–H groups in total. The Bertz CT molecular complexity index is 2600. The molecule has 274 valence electrons. The second kappa shape index (κ2) is 15.9. The van der Waals surface area contributed by atoms with E-state index in [0.29, 0.717) is 0 Å². The number of H-pyrrole nitrogens is 2. The van der Waals surface area contributed by atoms with Crippen LogP contribution in [-0.2, 0) is 21.1 Å². The second-order valence-electron chi connectivity index (χ2n) is 13.6. The number of nitrogens with zero attached hydrogens (tertiary/aromatic N) is 5. The highest BCUT2D eigenvalue weighted by atomic mass is 35.5. The van der Waals surface area contributed by atoms with Gasteiger partial charge in [-0.15, -0.1) is 0 Å². The first-order valence-corrected chi connectivity index (χ1v) is 17.5. The number of pyridine rings is 3. The van der Waals surface area contributed by atoms with Gasteiger partial charge in [-0.2, -0.15) is 0 Å². The van der Waals surface area contributed by atoms with Crippen LogP contribution in [-0.4, -0.2) is 19.9 Å². The summed E-state index contributed by atoms with van der Waals surface area (Å²) in [7, 11) is 6.11. The van der Waals surface area contributed by atoms with Crippen molar-refractivity contribution in [2.45, 2.75) is 6.92 Å². The van der Waals surface area contributed by atoms with Crippen molar-refractivity contribution >= 4 is 46.4 Å². The van der Waals surface area contributed by atoms with Crippen LogP contribution < -0.4 is 50.9 Å². The number of hydrogen-bond donors (Lipinski definition) is 2. The summed E-state index contributed by atoms with van der Waals surface area (Å²) in [4.78, 5) is 18.5.